The Balaban J connectivity index is 2.94. The molecular weight excluding hydrogens is 257 g/mol. The van der Waals surface area contributed by atoms with Crippen LogP contribution in [0.2, 0.25) is 10.0 Å². The first-order valence-electron chi connectivity index (χ1n) is 5.47. The van der Waals surface area contributed by atoms with Crippen molar-refractivity contribution in [1.29, 1.82) is 5.26 Å². The van der Waals surface area contributed by atoms with Crippen LogP contribution in [0.4, 0.5) is 0 Å². The topological polar surface area (TPSA) is 40.9 Å². The van der Waals surface area contributed by atoms with Crippen molar-refractivity contribution in [1.82, 2.24) is 0 Å². The zero-order valence-corrected chi connectivity index (χ0v) is 11.1. The number of rotatable bonds is 5. The Bertz CT molecular complexity index is 451. The molecule has 0 bridgehead atoms. The molecule has 0 aliphatic rings. The summed E-state index contributed by atoms with van der Waals surface area (Å²) in [7, 11) is 0. The second-order valence-corrected chi connectivity index (χ2v) is 4.64. The summed E-state index contributed by atoms with van der Waals surface area (Å²) in [6.45, 7) is 2.00. The molecule has 4 heteroatoms. The smallest absolute Gasteiger partial charge is 0.154 e. The minimum atomic E-state index is -0.786. The van der Waals surface area contributed by atoms with Gasteiger partial charge >= 0.3 is 0 Å². The molecule has 2 nitrogen and oxygen atoms in total. The van der Waals surface area contributed by atoms with Crippen LogP contribution >= 0.6 is 23.2 Å². The number of halogens is 2. The van der Waals surface area contributed by atoms with Crippen LogP contribution in [-0.2, 0) is 4.79 Å². The lowest BCUT2D eigenvalue weighted by Crippen LogP contribution is -2.11. The fraction of sp³-hybridized carbons (Fsp3) is 0.385. The van der Waals surface area contributed by atoms with Gasteiger partial charge in [-0.2, -0.15) is 5.26 Å². The van der Waals surface area contributed by atoms with E-state index < -0.39 is 5.92 Å². The molecule has 1 aromatic carbocycles. The maximum absolute atomic E-state index is 11.9. The number of nitriles is 1. The van der Waals surface area contributed by atoms with Gasteiger partial charge in [-0.1, -0.05) is 42.6 Å². The number of benzene rings is 1. The van der Waals surface area contributed by atoms with Crippen LogP contribution in [0.15, 0.2) is 18.2 Å². The SMILES string of the molecule is CCCCC(=O)C(C#N)c1ccc(Cl)cc1Cl. The van der Waals surface area contributed by atoms with Crippen molar-refractivity contribution < 1.29 is 4.79 Å². The highest BCUT2D eigenvalue weighted by atomic mass is 35.5. The zero-order valence-electron chi connectivity index (χ0n) is 9.54. The molecule has 90 valence electrons. The molecule has 1 aromatic rings. The normalized spacial score (nSPS) is 11.9. The monoisotopic (exact) mass is 269 g/mol. The van der Waals surface area contributed by atoms with Gasteiger partial charge in [-0.15, -0.1) is 0 Å². The molecule has 0 aromatic heterocycles. The lowest BCUT2D eigenvalue weighted by Gasteiger charge is -2.10. The summed E-state index contributed by atoms with van der Waals surface area (Å²) >= 11 is 11.8. The van der Waals surface area contributed by atoms with E-state index in [1.165, 1.54) is 0 Å². The second kappa shape index (κ2) is 6.64. The van der Waals surface area contributed by atoms with Crippen LogP contribution in [0, 0.1) is 11.3 Å². The van der Waals surface area contributed by atoms with Crippen LogP contribution in [0.5, 0.6) is 0 Å². The number of unbranched alkanes of at least 4 members (excludes halogenated alkanes) is 1. The Morgan fingerprint density at radius 2 is 2.18 bits per heavy atom. The van der Waals surface area contributed by atoms with Crippen LogP contribution in [0.3, 0.4) is 0 Å². The lowest BCUT2D eigenvalue weighted by molar-refractivity contribution is -0.119. The van der Waals surface area contributed by atoms with Crippen LogP contribution < -0.4 is 0 Å². The third kappa shape index (κ3) is 3.73. The van der Waals surface area contributed by atoms with Gasteiger partial charge < -0.3 is 0 Å². The molecule has 0 fully saturated rings. The Morgan fingerprint density at radius 3 is 2.71 bits per heavy atom. The highest BCUT2D eigenvalue weighted by Crippen LogP contribution is 2.28. The largest absolute Gasteiger partial charge is 0.298 e. The molecule has 0 amide bonds. The minimum absolute atomic E-state index is 0.0847. The number of carbonyl (C=O) groups is 1. The van der Waals surface area contributed by atoms with Gasteiger partial charge in [0, 0.05) is 16.5 Å². The van der Waals surface area contributed by atoms with Crippen molar-refractivity contribution in [3.63, 3.8) is 0 Å². The average molecular weight is 270 g/mol. The fourth-order valence-corrected chi connectivity index (χ4v) is 2.06. The van der Waals surface area contributed by atoms with Gasteiger partial charge in [-0.3, -0.25) is 4.79 Å². The summed E-state index contributed by atoms with van der Waals surface area (Å²) in [5.74, 6) is -0.870. The van der Waals surface area contributed by atoms with Gasteiger partial charge in [0.2, 0.25) is 0 Å². The van der Waals surface area contributed by atoms with Gasteiger partial charge in [0.25, 0.3) is 0 Å². The molecule has 0 saturated heterocycles. The standard InChI is InChI=1S/C13H13Cl2NO/c1-2-3-4-13(17)11(8-16)10-6-5-9(14)7-12(10)15/h5-7,11H,2-4H2,1H3. The quantitative estimate of drug-likeness (QED) is 0.797. The first kappa shape index (κ1) is 14.0. The zero-order chi connectivity index (χ0) is 12.8. The third-order valence-corrected chi connectivity index (χ3v) is 3.06. The highest BCUT2D eigenvalue weighted by Gasteiger charge is 2.21. The molecule has 0 radical (unpaired) electrons. The van der Waals surface area contributed by atoms with Crippen molar-refractivity contribution in [3.8, 4) is 6.07 Å². The van der Waals surface area contributed by atoms with E-state index in [9.17, 15) is 4.79 Å². The predicted octanol–water partition coefficient (Wildman–Crippen LogP) is 4.36. The van der Waals surface area contributed by atoms with Gasteiger partial charge in [0.1, 0.15) is 5.92 Å². The first-order valence-corrected chi connectivity index (χ1v) is 6.23. The Hall–Kier alpha value is -1.04. The summed E-state index contributed by atoms with van der Waals surface area (Å²) in [5, 5.41) is 9.95. The molecule has 1 unspecified atom stereocenters. The Kier molecular flexibility index (Phi) is 5.47. The maximum atomic E-state index is 11.9. The summed E-state index contributed by atoms with van der Waals surface area (Å²) in [6, 6.07) is 6.84. The Morgan fingerprint density at radius 1 is 1.47 bits per heavy atom. The predicted molar refractivity (Wildman–Crippen MR) is 69.3 cm³/mol. The summed E-state index contributed by atoms with van der Waals surface area (Å²) < 4.78 is 0. The highest BCUT2D eigenvalue weighted by molar-refractivity contribution is 6.35. The number of hydrogen-bond acceptors (Lipinski definition) is 2. The third-order valence-electron chi connectivity index (χ3n) is 2.50. The van der Waals surface area contributed by atoms with Gasteiger partial charge in [0.15, 0.2) is 5.78 Å². The number of ketones is 1. The molecule has 0 saturated carbocycles. The van der Waals surface area contributed by atoms with Crippen molar-refractivity contribution in [2.24, 2.45) is 0 Å². The molecule has 1 atom stereocenters. The second-order valence-electron chi connectivity index (χ2n) is 3.80. The molecule has 0 aliphatic heterocycles. The average Bonchev–Trinajstić information content (AvgIpc) is 2.30. The lowest BCUT2D eigenvalue weighted by atomic mass is 9.93. The number of hydrogen-bond donors (Lipinski definition) is 0. The molecule has 0 heterocycles. The van der Waals surface area contributed by atoms with Gasteiger partial charge in [-0.25, -0.2) is 0 Å². The van der Waals surface area contributed by atoms with E-state index in [4.69, 9.17) is 28.5 Å². The van der Waals surface area contributed by atoms with Gasteiger partial charge in [0.05, 0.1) is 6.07 Å². The maximum Gasteiger partial charge on any atom is 0.154 e. The fourth-order valence-electron chi connectivity index (χ4n) is 1.55. The Labute approximate surface area is 111 Å². The van der Waals surface area contributed by atoms with Crippen LogP contribution in [0.25, 0.3) is 0 Å². The van der Waals surface area contributed by atoms with Gasteiger partial charge in [-0.05, 0) is 24.1 Å². The van der Waals surface area contributed by atoms with E-state index in [1.54, 1.807) is 18.2 Å². The van der Waals surface area contributed by atoms with Crippen molar-refractivity contribution in [3.05, 3.63) is 33.8 Å². The van der Waals surface area contributed by atoms with Crippen LogP contribution in [-0.4, -0.2) is 5.78 Å². The van der Waals surface area contributed by atoms with E-state index in [1.807, 2.05) is 13.0 Å². The molecule has 0 aliphatic carbocycles. The van der Waals surface area contributed by atoms with Crippen molar-refractivity contribution in [2.45, 2.75) is 32.1 Å². The first-order chi connectivity index (χ1) is 8.10. The molecule has 0 spiro atoms. The number of nitrogens with zero attached hydrogens (tertiary/aromatic N) is 1. The molecule has 1 rings (SSSR count). The van der Waals surface area contributed by atoms with E-state index in [0.717, 1.165) is 12.8 Å². The molecule has 17 heavy (non-hydrogen) atoms. The van der Waals surface area contributed by atoms with E-state index >= 15 is 0 Å². The summed E-state index contributed by atoms with van der Waals surface area (Å²) in [5.41, 5.74) is 0.541. The van der Waals surface area contributed by atoms with E-state index in [2.05, 4.69) is 0 Å². The number of Topliss-reactive ketones (excluding diaryl/α,β-unsaturated/α-hetero) is 1. The summed E-state index contributed by atoms with van der Waals surface area (Å²) in [4.78, 5) is 11.9. The molecular formula is C13H13Cl2NO. The number of carbonyl (C=O) groups excluding carboxylic acids is 1. The molecule has 0 N–H and O–H groups in total. The summed E-state index contributed by atoms with van der Waals surface area (Å²) in [6.07, 6.45) is 2.13. The van der Waals surface area contributed by atoms with E-state index in [0.29, 0.717) is 22.0 Å². The van der Waals surface area contributed by atoms with Crippen molar-refractivity contribution in [2.75, 3.05) is 0 Å². The van der Waals surface area contributed by atoms with Crippen molar-refractivity contribution >= 4 is 29.0 Å². The van der Waals surface area contributed by atoms with Crippen LogP contribution in [0.1, 0.15) is 37.7 Å². The minimum Gasteiger partial charge on any atom is -0.298 e. The van der Waals surface area contributed by atoms with E-state index in [-0.39, 0.29) is 5.78 Å².